The number of halogens is 1. The first-order valence-electron chi connectivity index (χ1n) is 10.8. The summed E-state index contributed by atoms with van der Waals surface area (Å²) in [5, 5.41) is 6.94. The number of nitrogens with one attached hydrogen (secondary N) is 2. The number of carbonyl (C=O) groups excluding carboxylic acids is 2. The van der Waals surface area contributed by atoms with Crippen LogP contribution in [-0.4, -0.2) is 46.0 Å². The second-order valence-corrected chi connectivity index (χ2v) is 7.91. The van der Waals surface area contributed by atoms with Crippen molar-refractivity contribution in [2.24, 2.45) is 5.10 Å². The fourth-order valence-electron chi connectivity index (χ4n) is 3.13. The van der Waals surface area contributed by atoms with Crippen LogP contribution in [0.5, 0.6) is 23.0 Å². The van der Waals surface area contributed by atoms with Gasteiger partial charge in [-0.1, -0.05) is 29.3 Å². The minimum Gasteiger partial charge on any atom is -0.493 e. The van der Waals surface area contributed by atoms with E-state index in [4.69, 9.17) is 30.5 Å². The Morgan fingerprint density at radius 1 is 0.917 bits per heavy atom. The topological polar surface area (TPSA) is 107 Å². The van der Waals surface area contributed by atoms with Gasteiger partial charge in [-0.2, -0.15) is 5.10 Å². The summed E-state index contributed by atoms with van der Waals surface area (Å²) in [7, 11) is 4.45. The van der Waals surface area contributed by atoms with E-state index < -0.39 is 5.91 Å². The molecule has 0 bridgehead atoms. The lowest BCUT2D eigenvalue weighted by atomic mass is 10.2. The van der Waals surface area contributed by atoms with E-state index >= 15 is 0 Å². The van der Waals surface area contributed by atoms with Gasteiger partial charge in [0.25, 0.3) is 11.8 Å². The van der Waals surface area contributed by atoms with Crippen molar-refractivity contribution in [2.45, 2.75) is 6.92 Å². The molecule has 9 nitrogen and oxygen atoms in total. The van der Waals surface area contributed by atoms with Gasteiger partial charge in [0.05, 0.1) is 32.6 Å². The highest BCUT2D eigenvalue weighted by Crippen LogP contribution is 2.36. The summed E-state index contributed by atoms with van der Waals surface area (Å²) in [5.41, 5.74) is 5.07. The second kappa shape index (κ2) is 12.5. The summed E-state index contributed by atoms with van der Waals surface area (Å²) >= 11 is 6.36. The highest BCUT2D eigenvalue weighted by molar-refractivity contribution is 6.32. The molecule has 0 aromatic heterocycles. The van der Waals surface area contributed by atoms with E-state index in [1.165, 1.54) is 27.5 Å². The van der Waals surface area contributed by atoms with Crippen LogP contribution in [0.4, 0.5) is 5.69 Å². The minimum atomic E-state index is -0.440. The van der Waals surface area contributed by atoms with Crippen molar-refractivity contribution >= 4 is 35.3 Å². The summed E-state index contributed by atoms with van der Waals surface area (Å²) in [6.45, 7) is 1.70. The van der Waals surface area contributed by atoms with Gasteiger partial charge in [-0.3, -0.25) is 9.59 Å². The van der Waals surface area contributed by atoms with Gasteiger partial charge in [-0.25, -0.2) is 5.43 Å². The van der Waals surface area contributed by atoms with E-state index in [0.717, 1.165) is 5.56 Å². The predicted octanol–water partition coefficient (Wildman–Crippen LogP) is 4.46. The summed E-state index contributed by atoms with van der Waals surface area (Å²) in [6, 6.07) is 15.4. The van der Waals surface area contributed by atoms with Gasteiger partial charge >= 0.3 is 0 Å². The van der Waals surface area contributed by atoms with Gasteiger partial charge in [0.15, 0.2) is 29.6 Å². The first-order valence-corrected chi connectivity index (χ1v) is 11.1. The van der Waals surface area contributed by atoms with E-state index in [-0.39, 0.29) is 23.3 Å². The first-order chi connectivity index (χ1) is 17.3. The minimum absolute atomic E-state index is 0.213. The zero-order valence-electron chi connectivity index (χ0n) is 20.3. The summed E-state index contributed by atoms with van der Waals surface area (Å²) in [5.74, 6) is 0.663. The van der Waals surface area contributed by atoms with Crippen molar-refractivity contribution in [3.8, 4) is 23.0 Å². The quantitative estimate of drug-likeness (QED) is 0.307. The molecule has 0 heterocycles. The summed E-state index contributed by atoms with van der Waals surface area (Å²) < 4.78 is 21.3. The lowest BCUT2D eigenvalue weighted by molar-refractivity contribution is -0.118. The van der Waals surface area contributed by atoms with Crippen molar-refractivity contribution in [3.63, 3.8) is 0 Å². The van der Waals surface area contributed by atoms with Crippen LogP contribution in [0.25, 0.3) is 0 Å². The fourth-order valence-corrected chi connectivity index (χ4v) is 3.41. The van der Waals surface area contributed by atoms with Crippen molar-refractivity contribution in [1.82, 2.24) is 5.43 Å². The van der Waals surface area contributed by atoms with Crippen LogP contribution >= 0.6 is 11.6 Å². The standard InChI is InChI=1S/C26H26ClN3O6/c1-16-5-8-19(9-6-16)29-24(31)15-36-25-20(27)11-17(12-23(25)35-4)14-28-30-26(32)18-7-10-21(33-2)22(13-18)34-3/h5-14H,15H2,1-4H3,(H,29,31)(H,30,32)/b28-14+. The van der Waals surface area contributed by atoms with Gasteiger partial charge < -0.3 is 24.3 Å². The second-order valence-electron chi connectivity index (χ2n) is 7.51. The van der Waals surface area contributed by atoms with Crippen molar-refractivity contribution in [2.75, 3.05) is 33.3 Å². The zero-order valence-corrected chi connectivity index (χ0v) is 21.0. The third-order valence-corrected chi connectivity index (χ3v) is 5.24. The normalized spacial score (nSPS) is 10.6. The van der Waals surface area contributed by atoms with Crippen LogP contribution < -0.4 is 29.7 Å². The highest BCUT2D eigenvalue weighted by atomic mass is 35.5. The molecule has 0 radical (unpaired) electrons. The van der Waals surface area contributed by atoms with Gasteiger partial charge in [0, 0.05) is 11.3 Å². The molecule has 0 aliphatic carbocycles. The molecule has 0 atom stereocenters. The van der Waals surface area contributed by atoms with E-state index in [9.17, 15) is 9.59 Å². The number of ether oxygens (including phenoxy) is 4. The fraction of sp³-hybridized carbons (Fsp3) is 0.192. The molecule has 3 aromatic carbocycles. The van der Waals surface area contributed by atoms with Crippen LogP contribution in [0.15, 0.2) is 59.7 Å². The number of hydrazone groups is 1. The molecule has 0 aliphatic heterocycles. The van der Waals surface area contributed by atoms with Crippen molar-refractivity contribution in [3.05, 3.63) is 76.3 Å². The zero-order chi connectivity index (χ0) is 26.1. The molecule has 10 heteroatoms. The Labute approximate surface area is 214 Å². The van der Waals surface area contributed by atoms with Crippen LogP contribution in [0.3, 0.4) is 0 Å². The van der Waals surface area contributed by atoms with Crippen molar-refractivity contribution in [1.29, 1.82) is 0 Å². The average molecular weight is 512 g/mol. The van der Waals surface area contributed by atoms with Gasteiger partial charge in [-0.15, -0.1) is 0 Å². The molecule has 0 aliphatic rings. The number of anilines is 1. The molecule has 0 saturated carbocycles. The molecule has 0 fully saturated rings. The van der Waals surface area contributed by atoms with Gasteiger partial charge in [0.1, 0.15) is 0 Å². The molecular formula is C26H26ClN3O6. The Hall–Kier alpha value is -4.24. The number of carbonyl (C=O) groups is 2. The maximum atomic E-state index is 12.4. The predicted molar refractivity (Wildman–Crippen MR) is 138 cm³/mol. The molecule has 3 aromatic rings. The molecular weight excluding hydrogens is 486 g/mol. The molecule has 0 unspecified atom stereocenters. The smallest absolute Gasteiger partial charge is 0.271 e. The number of nitrogens with zero attached hydrogens (tertiary/aromatic N) is 1. The van der Waals surface area contributed by atoms with E-state index in [1.807, 2.05) is 19.1 Å². The molecule has 36 heavy (non-hydrogen) atoms. The summed E-state index contributed by atoms with van der Waals surface area (Å²) in [4.78, 5) is 24.7. The van der Waals surface area contributed by atoms with Crippen LogP contribution in [0.2, 0.25) is 5.02 Å². The molecule has 2 N–H and O–H groups in total. The molecule has 0 spiro atoms. The SMILES string of the molecule is COc1ccc(C(=O)N/N=C/c2cc(Cl)c(OCC(=O)Nc3ccc(C)cc3)c(OC)c2)cc1OC. The number of aryl methyl sites for hydroxylation is 1. The maximum absolute atomic E-state index is 12.4. The van der Waals surface area contributed by atoms with Crippen molar-refractivity contribution < 1.29 is 28.5 Å². The highest BCUT2D eigenvalue weighted by Gasteiger charge is 2.14. The number of hydrogen-bond donors (Lipinski definition) is 2. The third kappa shape index (κ3) is 6.89. The maximum Gasteiger partial charge on any atom is 0.271 e. The average Bonchev–Trinajstić information content (AvgIpc) is 2.88. The molecule has 0 saturated heterocycles. The Kier molecular flexibility index (Phi) is 9.13. The van der Waals surface area contributed by atoms with E-state index in [2.05, 4.69) is 15.8 Å². The number of benzene rings is 3. The third-order valence-electron chi connectivity index (χ3n) is 4.96. The number of methoxy groups -OCH3 is 3. The van der Waals surface area contributed by atoms with Crippen LogP contribution in [0.1, 0.15) is 21.5 Å². The summed E-state index contributed by atoms with van der Waals surface area (Å²) in [6.07, 6.45) is 1.40. The van der Waals surface area contributed by atoms with E-state index in [0.29, 0.717) is 34.1 Å². The lowest BCUT2D eigenvalue weighted by Gasteiger charge is -2.13. The van der Waals surface area contributed by atoms with Gasteiger partial charge in [-0.05, 0) is 55.0 Å². The Balaban J connectivity index is 1.63. The number of amides is 2. The Morgan fingerprint density at radius 3 is 2.28 bits per heavy atom. The van der Waals surface area contributed by atoms with Gasteiger partial charge in [0.2, 0.25) is 0 Å². The van der Waals surface area contributed by atoms with Crippen LogP contribution in [0, 0.1) is 6.92 Å². The lowest BCUT2D eigenvalue weighted by Crippen LogP contribution is -2.20. The first kappa shape index (κ1) is 26.4. The number of rotatable bonds is 10. The van der Waals surface area contributed by atoms with Crippen LogP contribution in [-0.2, 0) is 4.79 Å². The van der Waals surface area contributed by atoms with E-state index in [1.54, 1.807) is 42.5 Å². The molecule has 3 rings (SSSR count). The Morgan fingerprint density at radius 2 is 1.61 bits per heavy atom. The largest absolute Gasteiger partial charge is 0.493 e. The molecule has 188 valence electrons. The Bertz CT molecular complexity index is 1260. The number of hydrogen-bond acceptors (Lipinski definition) is 7. The monoisotopic (exact) mass is 511 g/mol. The molecule has 2 amide bonds.